The fraction of sp³-hybridized carbons (Fsp3) is 0.477. The smallest absolute Gasteiger partial charge is 1.00 e. The van der Waals surface area contributed by atoms with Crippen LogP contribution in [0.4, 0.5) is 28.9 Å². The van der Waals surface area contributed by atoms with E-state index in [4.69, 9.17) is 7.49 Å². The predicted octanol–water partition coefficient (Wildman–Crippen LogP) is 12.4. The summed E-state index contributed by atoms with van der Waals surface area (Å²) in [5, 5.41) is 19.5. The fourth-order valence-electron chi connectivity index (χ4n) is 8.70. The Morgan fingerprint density at radius 2 is 1.52 bits per heavy atom. The van der Waals surface area contributed by atoms with E-state index in [9.17, 15) is 17.6 Å². The van der Waals surface area contributed by atoms with E-state index in [2.05, 4.69) is 159 Å². The minimum absolute atomic E-state index is 0. The van der Waals surface area contributed by atoms with Crippen LogP contribution in [0.1, 0.15) is 110 Å². The third-order valence-electron chi connectivity index (χ3n) is 13.0. The molecule has 2 aliphatic heterocycles. The van der Waals surface area contributed by atoms with Crippen molar-refractivity contribution in [2.75, 3.05) is 71.1 Å². The molecule has 16 heteroatoms. The number of allylic oxidation sites excluding steroid dienone is 3. The van der Waals surface area contributed by atoms with Gasteiger partial charge in [-0.25, -0.2) is 4.98 Å². The summed E-state index contributed by atoms with van der Waals surface area (Å²) in [5.41, 5.74) is 7.16. The number of alkyl halides is 3. The van der Waals surface area contributed by atoms with Crippen LogP contribution in [0, 0.1) is 24.6 Å². The summed E-state index contributed by atoms with van der Waals surface area (Å²) in [6.45, 7) is 40.0. The molecule has 3 unspecified atom stereocenters. The summed E-state index contributed by atoms with van der Waals surface area (Å²) < 4.78 is 56.8. The number of anilines is 2. The average molecular weight is 1160 g/mol. The Hall–Kier alpha value is -3.94. The first-order chi connectivity index (χ1) is 38.1. The molecule has 4 aromatic rings. The SMILES string of the molecule is C=C.C=CNCc1ccc(-c2scnc2C)cc1.CC(C)C.CC1C[C@@H](C)CN1.C[N-]CCCCCCCCNC.[B]=Cc1ccc(-c2ccc(N3CC(C)N(C)C(C)C3)c(NC(=C)C(=C/NC)/C(=C\C=C)C(F)(F)F)c2)c(F)c1.[K+]. The fourth-order valence-corrected chi connectivity index (χ4v) is 9.51. The van der Waals surface area contributed by atoms with Crippen LogP contribution in [0.3, 0.4) is 0 Å². The van der Waals surface area contributed by atoms with Crippen LogP contribution in [0.25, 0.3) is 26.9 Å². The number of benzene rings is 3. The van der Waals surface area contributed by atoms with E-state index in [1.807, 2.05) is 38.7 Å². The second kappa shape index (κ2) is 43.7. The number of nitrogens with one attached hydrogen (secondary N) is 5. The van der Waals surface area contributed by atoms with Crippen LogP contribution in [-0.4, -0.2) is 109 Å². The minimum atomic E-state index is -4.64. The van der Waals surface area contributed by atoms with Gasteiger partial charge in [0.2, 0.25) is 0 Å². The van der Waals surface area contributed by atoms with Crippen LogP contribution < -0.4 is 82.9 Å². The van der Waals surface area contributed by atoms with Gasteiger partial charge in [-0.15, -0.1) is 31.0 Å². The number of likely N-dealkylation sites (N-methyl/N-ethyl adjacent to an activating group) is 1. The van der Waals surface area contributed by atoms with Crippen molar-refractivity contribution in [3.8, 4) is 21.6 Å². The van der Waals surface area contributed by atoms with Gasteiger partial charge in [-0.3, -0.25) is 4.90 Å². The molecule has 81 heavy (non-hydrogen) atoms. The number of aryl methyl sites for hydroxylation is 1. The van der Waals surface area contributed by atoms with Crippen molar-refractivity contribution in [2.45, 2.75) is 131 Å². The summed E-state index contributed by atoms with van der Waals surface area (Å²) in [6, 6.07) is 19.9. The van der Waals surface area contributed by atoms with Gasteiger partial charge in [0, 0.05) is 19.6 Å². The molecule has 0 saturated carbocycles. The third kappa shape index (κ3) is 29.9. The number of rotatable bonds is 22. The van der Waals surface area contributed by atoms with E-state index in [0.29, 0.717) is 35.5 Å². The quantitative estimate of drug-likeness (QED) is 0.0175. The molecule has 2 saturated heterocycles. The van der Waals surface area contributed by atoms with E-state index in [-0.39, 0.29) is 74.7 Å². The van der Waals surface area contributed by atoms with Gasteiger partial charge < -0.3 is 26.6 Å². The maximum Gasteiger partial charge on any atom is 1.00 e. The van der Waals surface area contributed by atoms with E-state index < -0.39 is 17.6 Å². The van der Waals surface area contributed by atoms with Crippen molar-refractivity contribution in [1.29, 1.82) is 0 Å². The predicted molar refractivity (Wildman–Crippen MR) is 344 cm³/mol. The summed E-state index contributed by atoms with van der Waals surface area (Å²) in [7, 11) is 13.0. The number of hydrogen-bond donors (Lipinski definition) is 5. The van der Waals surface area contributed by atoms with Gasteiger partial charge in [0.25, 0.3) is 0 Å². The van der Waals surface area contributed by atoms with Gasteiger partial charge in [-0.2, -0.15) is 20.2 Å². The molecule has 1 aromatic heterocycles. The van der Waals surface area contributed by atoms with E-state index in [0.717, 1.165) is 54.5 Å². The summed E-state index contributed by atoms with van der Waals surface area (Å²) in [4.78, 5) is 9.98. The van der Waals surface area contributed by atoms with Crippen molar-refractivity contribution >= 4 is 36.2 Å². The summed E-state index contributed by atoms with van der Waals surface area (Å²) in [5.74, 6) is 2.60. The molecule has 0 spiro atoms. The zero-order valence-electron chi connectivity index (χ0n) is 51.6. The first-order valence-electron chi connectivity index (χ1n) is 28.1. The third-order valence-corrected chi connectivity index (χ3v) is 14.0. The van der Waals surface area contributed by atoms with Crippen molar-refractivity contribution in [3.05, 3.63) is 168 Å². The summed E-state index contributed by atoms with van der Waals surface area (Å²) >= 11 is 1.68. The number of piperazine rings is 1. The van der Waals surface area contributed by atoms with Crippen molar-refractivity contribution in [2.24, 2.45) is 11.8 Å². The van der Waals surface area contributed by atoms with Crippen LogP contribution in [0.15, 0.2) is 140 Å². The Bertz CT molecular complexity index is 2430. The number of hydrogen-bond acceptors (Lipinski definition) is 9. The van der Waals surface area contributed by atoms with Crippen LogP contribution in [-0.2, 0) is 6.54 Å². The Morgan fingerprint density at radius 1 is 0.914 bits per heavy atom. The first-order valence-corrected chi connectivity index (χ1v) is 29.0. The van der Waals surface area contributed by atoms with Crippen LogP contribution >= 0.6 is 11.3 Å². The minimum Gasteiger partial charge on any atom is 1.00 e. The molecule has 3 aromatic carbocycles. The molecular formula is C65H98BF4KN9S. The number of halogens is 4. The maximum atomic E-state index is 15.0. The normalized spacial score (nSPS) is 16.8. The number of thiazole rings is 1. The molecule has 0 amide bonds. The van der Waals surface area contributed by atoms with Gasteiger partial charge >= 0.3 is 211 Å². The Morgan fingerprint density at radius 3 is 1.99 bits per heavy atom. The Labute approximate surface area is 535 Å². The van der Waals surface area contributed by atoms with Crippen molar-refractivity contribution in [1.82, 2.24) is 31.2 Å². The van der Waals surface area contributed by atoms with Crippen LogP contribution in [0.5, 0.6) is 0 Å². The van der Waals surface area contributed by atoms with Crippen molar-refractivity contribution < 1.29 is 68.9 Å². The Balaban J connectivity index is 0.00000123. The molecular weight excluding hydrogens is 1060 g/mol. The molecule has 2 fully saturated rings. The molecule has 0 aliphatic carbocycles. The zero-order valence-corrected chi connectivity index (χ0v) is 55.6. The molecule has 6 rings (SSSR count). The van der Waals surface area contributed by atoms with Crippen molar-refractivity contribution in [3.63, 3.8) is 0 Å². The summed E-state index contributed by atoms with van der Waals surface area (Å²) in [6.07, 6.45) is 9.79. The second-order valence-corrected chi connectivity index (χ2v) is 21.7. The van der Waals surface area contributed by atoms with Gasteiger partial charge in [-0.05, 0) is 103 Å². The zero-order chi connectivity index (χ0) is 60.2. The molecule has 0 bridgehead atoms. The van der Waals surface area contributed by atoms with Gasteiger partial charge in [0.05, 0.1) is 16.1 Å². The molecule has 3 heterocycles. The number of aromatic nitrogens is 1. The molecule has 4 atom stereocenters. The molecule has 2 aliphatic rings. The number of nitrogens with zero attached hydrogens (tertiary/aromatic N) is 4. The van der Waals surface area contributed by atoms with Gasteiger partial charge in [-0.1, -0.05) is 103 Å². The topological polar surface area (TPSA) is 93.6 Å². The van der Waals surface area contributed by atoms with E-state index in [1.54, 1.807) is 35.7 Å². The molecule has 441 valence electrons. The Kier molecular flexibility index (Phi) is 41.5. The van der Waals surface area contributed by atoms with E-state index in [1.165, 1.54) is 99.3 Å². The van der Waals surface area contributed by atoms with Gasteiger partial charge in [0.1, 0.15) is 0 Å². The molecule has 5 N–H and O–H groups in total. The standard InChI is InChI=1S/C30H34BF4N4.C13H14N2S.C10H23N2.C6H13N.C4H10.C2H4.K/c1-7-8-26(30(33,34)35)25(16-36-5)21(4)37-28-14-23(24-11-9-22(15-31)13-27(24)32)10-12-29(28)39-17-19(2)38(6)20(3)18-39;1-3-14-8-11-4-6-12(7-5-11)13-10(2)15-9-16-13;1-11-9-7-5-3-4-6-8-10-12-2;1-5-3-6(2)7-4-5;1-4(2)3;1-2;/h7-16,19-20,36-37H,1,4,17-18H2,2-3,5-6H3;3-7,9,14H,1,8H2,2H3;11H,3-10H2,1-2H3;5-7H,3-4H2,1-2H3;4H,1-3H3;1-2H2;/q;;-1;;;;+1/b25-16-,26-8+;;;;;;/t;;;5-,6?;;;/m...1.../s1. The van der Waals surface area contributed by atoms with Gasteiger partial charge in [0.15, 0.2) is 0 Å². The molecule has 1 radical (unpaired) electrons. The first kappa shape index (κ1) is 77.1. The second-order valence-electron chi connectivity index (χ2n) is 20.9. The largest absolute Gasteiger partial charge is 1.00 e. The molecule has 9 nitrogen and oxygen atoms in total. The average Bonchev–Trinajstić information content (AvgIpc) is 4.04. The van der Waals surface area contributed by atoms with E-state index >= 15 is 0 Å². The number of unbranched alkanes of at least 4 members (excludes halogenated alkanes) is 5. The maximum absolute atomic E-state index is 15.0. The van der Waals surface area contributed by atoms with Crippen LogP contribution in [0.2, 0.25) is 0 Å². The monoisotopic (exact) mass is 1160 g/mol.